The number of nitrogens with zero attached hydrogens (tertiary/aromatic N) is 1. The van der Waals surface area contributed by atoms with Gasteiger partial charge in [0.1, 0.15) is 23.8 Å². The largest absolute Gasteiger partial charge is 0.486 e. The van der Waals surface area contributed by atoms with Crippen molar-refractivity contribution in [2.24, 2.45) is 5.92 Å². The van der Waals surface area contributed by atoms with Gasteiger partial charge in [-0.1, -0.05) is 42.8 Å². The van der Waals surface area contributed by atoms with Crippen LogP contribution in [-0.4, -0.2) is 58.3 Å². The van der Waals surface area contributed by atoms with Gasteiger partial charge in [0.2, 0.25) is 11.8 Å². The van der Waals surface area contributed by atoms with Crippen molar-refractivity contribution < 1.29 is 28.9 Å². The number of nitrogens with one attached hydrogen (secondary N) is 1. The number of hydrogen-bond acceptors (Lipinski definition) is 5. The number of fused-ring (bicyclic) bond motifs is 3. The van der Waals surface area contributed by atoms with E-state index in [4.69, 9.17) is 4.74 Å². The highest BCUT2D eigenvalue weighted by Gasteiger charge is 2.51. The number of aliphatic hydroxyl groups excluding tert-OH is 2. The lowest BCUT2D eigenvalue weighted by Gasteiger charge is -2.42. The molecule has 0 bridgehead atoms. The van der Waals surface area contributed by atoms with Gasteiger partial charge in [0, 0.05) is 35.7 Å². The quantitative estimate of drug-likeness (QED) is 0.565. The van der Waals surface area contributed by atoms with Gasteiger partial charge < -0.3 is 25.2 Å². The molecule has 2 aliphatic carbocycles. The molecule has 0 saturated heterocycles. The molecule has 4 atom stereocenters. The van der Waals surface area contributed by atoms with Crippen LogP contribution < -0.4 is 10.1 Å². The van der Waals surface area contributed by atoms with Crippen LogP contribution in [0, 0.1) is 11.7 Å². The predicted molar refractivity (Wildman–Crippen MR) is 126 cm³/mol. The number of benzene rings is 2. The minimum atomic E-state index is -1.13. The summed E-state index contributed by atoms with van der Waals surface area (Å²) < 4.78 is 20.7. The van der Waals surface area contributed by atoms with E-state index < -0.39 is 35.9 Å². The predicted octanol–water partition coefficient (Wildman–Crippen LogP) is 2.28. The average Bonchev–Trinajstić information content (AvgIpc) is 3.22. The van der Waals surface area contributed by atoms with Crippen molar-refractivity contribution in [3.8, 4) is 5.75 Å². The van der Waals surface area contributed by atoms with E-state index in [0.717, 1.165) is 24.8 Å². The Balaban J connectivity index is 1.56. The SMILES string of the molecule is O=C(NCCO)C1=CC(N(Cc2ccccc2F)C(=O)C2CCC2)C(O)C2Oc3ccccc3C12. The van der Waals surface area contributed by atoms with E-state index in [1.807, 2.05) is 18.2 Å². The number of para-hydroxylation sites is 1. The van der Waals surface area contributed by atoms with Gasteiger partial charge >= 0.3 is 0 Å². The Labute approximate surface area is 203 Å². The number of hydrogen-bond donors (Lipinski definition) is 3. The van der Waals surface area contributed by atoms with Gasteiger partial charge in [-0.05, 0) is 31.1 Å². The first-order valence-electron chi connectivity index (χ1n) is 12.1. The lowest BCUT2D eigenvalue weighted by atomic mass is 9.76. The van der Waals surface area contributed by atoms with Gasteiger partial charge in [0.25, 0.3) is 0 Å². The molecule has 2 aromatic rings. The summed E-state index contributed by atoms with van der Waals surface area (Å²) in [7, 11) is 0. The number of carbonyl (C=O) groups excluding carboxylic acids is 2. The van der Waals surface area contributed by atoms with Crippen LogP contribution in [0.4, 0.5) is 4.39 Å². The second-order valence-corrected chi connectivity index (χ2v) is 9.37. The highest BCUT2D eigenvalue weighted by Crippen LogP contribution is 2.47. The first-order valence-corrected chi connectivity index (χ1v) is 12.1. The summed E-state index contributed by atoms with van der Waals surface area (Å²) >= 11 is 0. The molecule has 35 heavy (non-hydrogen) atoms. The highest BCUT2D eigenvalue weighted by molar-refractivity contribution is 5.96. The molecule has 8 heteroatoms. The zero-order chi connectivity index (χ0) is 24.5. The van der Waals surface area contributed by atoms with Crippen LogP contribution in [0.15, 0.2) is 60.2 Å². The molecule has 0 spiro atoms. The molecule has 1 aliphatic heterocycles. The fourth-order valence-electron chi connectivity index (χ4n) is 5.22. The van der Waals surface area contributed by atoms with E-state index in [-0.39, 0.29) is 31.5 Å². The first kappa shape index (κ1) is 23.5. The van der Waals surface area contributed by atoms with Gasteiger partial charge in [-0.3, -0.25) is 9.59 Å². The average molecular weight is 481 g/mol. The van der Waals surface area contributed by atoms with Crippen molar-refractivity contribution >= 4 is 11.8 Å². The Morgan fingerprint density at radius 3 is 2.57 bits per heavy atom. The Morgan fingerprint density at radius 1 is 1.11 bits per heavy atom. The lowest BCUT2D eigenvalue weighted by Crippen LogP contribution is -2.56. The number of aliphatic hydroxyl groups is 2. The molecular formula is C27H29FN2O5. The van der Waals surface area contributed by atoms with Crippen LogP contribution in [0.3, 0.4) is 0 Å². The summed E-state index contributed by atoms with van der Waals surface area (Å²) in [6, 6.07) is 12.7. The maximum atomic E-state index is 14.6. The van der Waals surface area contributed by atoms with Crippen LogP contribution in [0.5, 0.6) is 5.75 Å². The van der Waals surface area contributed by atoms with Gasteiger partial charge in [-0.2, -0.15) is 0 Å². The molecule has 1 heterocycles. The summed E-state index contributed by atoms with van der Waals surface area (Å²) in [5.74, 6) is -1.12. The van der Waals surface area contributed by atoms with Crippen molar-refractivity contribution in [1.29, 1.82) is 0 Å². The second-order valence-electron chi connectivity index (χ2n) is 9.37. The second kappa shape index (κ2) is 9.79. The van der Waals surface area contributed by atoms with Crippen LogP contribution in [0.1, 0.15) is 36.3 Å². The molecule has 1 saturated carbocycles. The van der Waals surface area contributed by atoms with E-state index in [0.29, 0.717) is 16.9 Å². The van der Waals surface area contributed by atoms with Crippen LogP contribution in [0.2, 0.25) is 0 Å². The third-order valence-corrected chi connectivity index (χ3v) is 7.27. The first-order chi connectivity index (χ1) is 17.0. The smallest absolute Gasteiger partial charge is 0.247 e. The Kier molecular flexibility index (Phi) is 6.58. The minimum absolute atomic E-state index is 0.0316. The van der Waals surface area contributed by atoms with Crippen molar-refractivity contribution in [1.82, 2.24) is 10.2 Å². The number of rotatable bonds is 7. The molecule has 3 N–H and O–H groups in total. The van der Waals surface area contributed by atoms with Gasteiger partial charge in [0.15, 0.2) is 0 Å². The molecule has 1 fully saturated rings. The number of carbonyl (C=O) groups is 2. The fourth-order valence-corrected chi connectivity index (χ4v) is 5.22. The van der Waals surface area contributed by atoms with Crippen LogP contribution in [-0.2, 0) is 16.1 Å². The molecule has 184 valence electrons. The van der Waals surface area contributed by atoms with Crippen molar-refractivity contribution in [2.75, 3.05) is 13.2 Å². The molecule has 0 aromatic heterocycles. The van der Waals surface area contributed by atoms with E-state index in [2.05, 4.69) is 5.32 Å². The Bertz CT molecular complexity index is 1150. The van der Waals surface area contributed by atoms with Crippen molar-refractivity contribution in [3.63, 3.8) is 0 Å². The van der Waals surface area contributed by atoms with Crippen molar-refractivity contribution in [2.45, 2.75) is 50.0 Å². The summed E-state index contributed by atoms with van der Waals surface area (Å²) in [6.45, 7) is -0.175. The third-order valence-electron chi connectivity index (χ3n) is 7.27. The number of ether oxygens (including phenoxy) is 1. The van der Waals surface area contributed by atoms with Crippen molar-refractivity contribution in [3.05, 3.63) is 77.1 Å². The number of amides is 2. The molecule has 0 radical (unpaired) electrons. The summed E-state index contributed by atoms with van der Waals surface area (Å²) in [4.78, 5) is 28.2. The monoisotopic (exact) mass is 480 g/mol. The summed E-state index contributed by atoms with van der Waals surface area (Å²) in [5.41, 5.74) is 1.49. The molecule has 5 rings (SSSR count). The van der Waals surface area contributed by atoms with Gasteiger partial charge in [0.05, 0.1) is 18.6 Å². The molecule has 3 aliphatic rings. The van der Waals surface area contributed by atoms with E-state index >= 15 is 0 Å². The summed E-state index contributed by atoms with van der Waals surface area (Å²) in [6.07, 6.45) is 2.16. The van der Waals surface area contributed by atoms with Crippen LogP contribution in [0.25, 0.3) is 0 Å². The Morgan fingerprint density at radius 2 is 1.86 bits per heavy atom. The lowest BCUT2D eigenvalue weighted by molar-refractivity contribution is -0.145. The van der Waals surface area contributed by atoms with E-state index in [9.17, 15) is 24.2 Å². The highest BCUT2D eigenvalue weighted by atomic mass is 19.1. The molecule has 2 aromatic carbocycles. The number of halogens is 1. The molecule has 4 unspecified atom stereocenters. The van der Waals surface area contributed by atoms with Gasteiger partial charge in [-0.15, -0.1) is 0 Å². The standard InChI is InChI=1S/C27H29FN2O5/c28-20-10-3-1-6-17(20)15-30(27(34)16-7-5-8-16)21-14-19(26(33)29-12-13-31)23-18-9-2-4-11-22(18)35-25(23)24(21)32/h1-4,6,9-11,14,16,21,23-25,31-32H,5,7-8,12-13,15H2,(H,29,33). The zero-order valence-electron chi connectivity index (χ0n) is 19.3. The Hall–Kier alpha value is -3.23. The normalized spacial score (nSPS) is 24.9. The maximum Gasteiger partial charge on any atom is 0.247 e. The zero-order valence-corrected chi connectivity index (χ0v) is 19.3. The summed E-state index contributed by atoms with van der Waals surface area (Å²) in [5, 5.41) is 23.4. The fraction of sp³-hybridized carbons (Fsp3) is 0.407. The molecule has 2 amide bonds. The maximum absolute atomic E-state index is 14.6. The molecular weight excluding hydrogens is 451 g/mol. The van der Waals surface area contributed by atoms with E-state index in [1.165, 1.54) is 11.0 Å². The topological polar surface area (TPSA) is 99.1 Å². The minimum Gasteiger partial charge on any atom is -0.486 e. The molecule has 7 nitrogen and oxygen atoms in total. The van der Waals surface area contributed by atoms with E-state index in [1.54, 1.807) is 30.3 Å². The van der Waals surface area contributed by atoms with Gasteiger partial charge in [-0.25, -0.2) is 4.39 Å². The van der Waals surface area contributed by atoms with Crippen LogP contribution >= 0.6 is 0 Å². The third kappa shape index (κ3) is 4.32.